The molecule has 0 saturated heterocycles. The van der Waals surface area contributed by atoms with Gasteiger partial charge in [0.05, 0.1) is 17.9 Å². The highest BCUT2D eigenvalue weighted by Crippen LogP contribution is 2.07. The SMILES string of the molecule is CCCC(C)COCc1ccc(C(=O)NN)cn1. The number of nitrogens with one attached hydrogen (secondary N) is 1. The van der Waals surface area contributed by atoms with Crippen molar-refractivity contribution in [2.45, 2.75) is 33.3 Å². The highest BCUT2D eigenvalue weighted by Gasteiger charge is 2.05. The predicted octanol–water partition coefficient (Wildman–Crippen LogP) is 1.64. The van der Waals surface area contributed by atoms with Crippen LogP contribution in [0.25, 0.3) is 0 Å². The molecule has 0 fully saturated rings. The number of hydrogen-bond donors (Lipinski definition) is 2. The summed E-state index contributed by atoms with van der Waals surface area (Å²) in [6.07, 6.45) is 3.84. The molecule has 1 unspecified atom stereocenters. The fraction of sp³-hybridized carbons (Fsp3) is 0.538. The minimum atomic E-state index is -0.341. The Morgan fingerprint density at radius 3 is 2.89 bits per heavy atom. The number of amides is 1. The average Bonchev–Trinajstić information content (AvgIpc) is 2.39. The molecular formula is C13H21N3O2. The molecule has 0 saturated carbocycles. The fourth-order valence-electron chi connectivity index (χ4n) is 1.67. The van der Waals surface area contributed by atoms with Gasteiger partial charge in [-0.3, -0.25) is 15.2 Å². The first-order valence-electron chi connectivity index (χ1n) is 6.21. The number of carbonyl (C=O) groups excluding carboxylic acids is 1. The Morgan fingerprint density at radius 1 is 1.56 bits per heavy atom. The molecule has 1 amide bonds. The summed E-state index contributed by atoms with van der Waals surface area (Å²) in [5.74, 6) is 5.26. The maximum atomic E-state index is 11.2. The number of aromatic nitrogens is 1. The first-order chi connectivity index (χ1) is 8.67. The molecule has 1 aromatic rings. The monoisotopic (exact) mass is 251 g/mol. The van der Waals surface area contributed by atoms with Crippen molar-refractivity contribution in [1.82, 2.24) is 10.4 Å². The van der Waals surface area contributed by atoms with Crippen LogP contribution in [0, 0.1) is 5.92 Å². The van der Waals surface area contributed by atoms with Crippen LogP contribution in [-0.4, -0.2) is 17.5 Å². The van der Waals surface area contributed by atoms with E-state index in [2.05, 4.69) is 24.3 Å². The lowest BCUT2D eigenvalue weighted by Gasteiger charge is -2.10. The number of nitrogens with zero attached hydrogens (tertiary/aromatic N) is 1. The summed E-state index contributed by atoms with van der Waals surface area (Å²) in [4.78, 5) is 15.3. The van der Waals surface area contributed by atoms with Crippen LogP contribution in [0.4, 0.5) is 0 Å². The maximum absolute atomic E-state index is 11.2. The van der Waals surface area contributed by atoms with Crippen molar-refractivity contribution in [3.8, 4) is 0 Å². The highest BCUT2D eigenvalue weighted by molar-refractivity contribution is 5.93. The van der Waals surface area contributed by atoms with Gasteiger partial charge in [-0.15, -0.1) is 0 Å². The van der Waals surface area contributed by atoms with Crippen LogP contribution in [0.2, 0.25) is 0 Å². The van der Waals surface area contributed by atoms with Crippen molar-refractivity contribution >= 4 is 5.91 Å². The van der Waals surface area contributed by atoms with Crippen LogP contribution in [0.3, 0.4) is 0 Å². The van der Waals surface area contributed by atoms with E-state index in [1.807, 2.05) is 0 Å². The van der Waals surface area contributed by atoms with Crippen LogP contribution >= 0.6 is 0 Å². The molecule has 0 aliphatic rings. The van der Waals surface area contributed by atoms with Crippen LogP contribution in [-0.2, 0) is 11.3 Å². The van der Waals surface area contributed by atoms with Gasteiger partial charge in [-0.2, -0.15) is 0 Å². The highest BCUT2D eigenvalue weighted by atomic mass is 16.5. The molecular weight excluding hydrogens is 230 g/mol. The molecule has 0 aliphatic heterocycles. The molecule has 0 aliphatic carbocycles. The van der Waals surface area contributed by atoms with Gasteiger partial charge in [0.2, 0.25) is 0 Å². The lowest BCUT2D eigenvalue weighted by molar-refractivity contribution is 0.0870. The normalized spacial score (nSPS) is 12.2. The second-order valence-corrected chi connectivity index (χ2v) is 4.42. The quantitative estimate of drug-likeness (QED) is 0.439. The number of hydrazine groups is 1. The average molecular weight is 251 g/mol. The van der Waals surface area contributed by atoms with Gasteiger partial charge < -0.3 is 4.74 Å². The van der Waals surface area contributed by atoms with Crippen molar-refractivity contribution in [3.05, 3.63) is 29.6 Å². The van der Waals surface area contributed by atoms with Crippen LogP contribution < -0.4 is 11.3 Å². The third kappa shape index (κ3) is 4.81. The van der Waals surface area contributed by atoms with Crippen molar-refractivity contribution in [3.63, 3.8) is 0 Å². The summed E-state index contributed by atoms with van der Waals surface area (Å²) < 4.78 is 5.57. The molecule has 100 valence electrons. The molecule has 1 rings (SSSR count). The largest absolute Gasteiger partial charge is 0.375 e. The van der Waals surface area contributed by atoms with Crippen molar-refractivity contribution in [2.24, 2.45) is 11.8 Å². The van der Waals surface area contributed by atoms with E-state index < -0.39 is 0 Å². The molecule has 1 aromatic heterocycles. The maximum Gasteiger partial charge on any atom is 0.266 e. The zero-order chi connectivity index (χ0) is 13.4. The second-order valence-electron chi connectivity index (χ2n) is 4.42. The molecule has 0 spiro atoms. The van der Waals surface area contributed by atoms with E-state index in [0.29, 0.717) is 18.1 Å². The Hall–Kier alpha value is -1.46. The summed E-state index contributed by atoms with van der Waals surface area (Å²) in [7, 11) is 0. The zero-order valence-electron chi connectivity index (χ0n) is 11.0. The first-order valence-corrected chi connectivity index (χ1v) is 6.21. The molecule has 0 aromatic carbocycles. The Balaban J connectivity index is 2.37. The van der Waals surface area contributed by atoms with Gasteiger partial charge in [-0.25, -0.2) is 5.84 Å². The number of ether oxygens (including phenoxy) is 1. The molecule has 0 bridgehead atoms. The van der Waals surface area contributed by atoms with E-state index in [-0.39, 0.29) is 5.91 Å². The van der Waals surface area contributed by atoms with Crippen LogP contribution in [0.5, 0.6) is 0 Å². The Labute approximate surface area is 108 Å². The Bertz CT molecular complexity index is 365. The van der Waals surface area contributed by atoms with Crippen LogP contribution in [0.1, 0.15) is 42.7 Å². The summed E-state index contributed by atoms with van der Waals surface area (Å²) in [5.41, 5.74) is 3.32. The van der Waals surface area contributed by atoms with Gasteiger partial charge in [0.15, 0.2) is 0 Å². The number of hydrogen-bond acceptors (Lipinski definition) is 4. The summed E-state index contributed by atoms with van der Waals surface area (Å²) in [6.45, 7) is 5.55. The van der Waals surface area contributed by atoms with E-state index in [0.717, 1.165) is 12.3 Å². The third-order valence-electron chi connectivity index (χ3n) is 2.65. The lowest BCUT2D eigenvalue weighted by Crippen LogP contribution is -2.30. The van der Waals surface area contributed by atoms with Crippen molar-refractivity contribution < 1.29 is 9.53 Å². The fourth-order valence-corrected chi connectivity index (χ4v) is 1.67. The number of nitrogen functional groups attached to an aromatic ring is 1. The molecule has 1 heterocycles. The summed E-state index contributed by atoms with van der Waals surface area (Å²) >= 11 is 0. The van der Waals surface area contributed by atoms with E-state index in [1.165, 1.54) is 19.0 Å². The van der Waals surface area contributed by atoms with Gasteiger partial charge in [0, 0.05) is 12.8 Å². The summed E-state index contributed by atoms with van der Waals surface area (Å²) in [5, 5.41) is 0. The smallest absolute Gasteiger partial charge is 0.266 e. The van der Waals surface area contributed by atoms with Crippen molar-refractivity contribution in [2.75, 3.05) is 6.61 Å². The number of rotatable bonds is 7. The van der Waals surface area contributed by atoms with Crippen LogP contribution in [0.15, 0.2) is 18.3 Å². The van der Waals surface area contributed by atoms with Gasteiger partial charge in [-0.1, -0.05) is 20.3 Å². The number of nitrogens with two attached hydrogens (primary N) is 1. The first kappa shape index (κ1) is 14.6. The molecule has 0 radical (unpaired) electrons. The zero-order valence-corrected chi connectivity index (χ0v) is 11.0. The van der Waals surface area contributed by atoms with Gasteiger partial charge in [0.1, 0.15) is 0 Å². The Morgan fingerprint density at radius 2 is 2.33 bits per heavy atom. The molecule has 5 heteroatoms. The topological polar surface area (TPSA) is 77.2 Å². The molecule has 5 nitrogen and oxygen atoms in total. The summed E-state index contributed by atoms with van der Waals surface area (Å²) in [6, 6.07) is 3.46. The lowest BCUT2D eigenvalue weighted by atomic mass is 10.1. The van der Waals surface area contributed by atoms with Gasteiger partial charge in [0.25, 0.3) is 5.91 Å². The molecule has 3 N–H and O–H groups in total. The van der Waals surface area contributed by atoms with Gasteiger partial charge in [-0.05, 0) is 24.5 Å². The van der Waals surface area contributed by atoms with E-state index in [1.54, 1.807) is 12.1 Å². The standard InChI is InChI=1S/C13H21N3O2/c1-3-4-10(2)8-18-9-12-6-5-11(7-15-12)13(17)16-14/h5-7,10H,3-4,8-9,14H2,1-2H3,(H,16,17). The minimum absolute atomic E-state index is 0.341. The molecule has 18 heavy (non-hydrogen) atoms. The van der Waals surface area contributed by atoms with Gasteiger partial charge >= 0.3 is 0 Å². The second kappa shape index (κ2) is 7.79. The van der Waals surface area contributed by atoms with E-state index in [4.69, 9.17) is 10.6 Å². The molecule has 1 atom stereocenters. The van der Waals surface area contributed by atoms with E-state index >= 15 is 0 Å². The number of pyridine rings is 1. The van der Waals surface area contributed by atoms with Crippen molar-refractivity contribution in [1.29, 1.82) is 0 Å². The predicted molar refractivity (Wildman–Crippen MR) is 69.6 cm³/mol. The van der Waals surface area contributed by atoms with E-state index in [9.17, 15) is 4.79 Å². The number of carbonyl (C=O) groups is 1. The Kier molecular flexibility index (Phi) is 6.32. The minimum Gasteiger partial charge on any atom is -0.375 e. The third-order valence-corrected chi connectivity index (χ3v) is 2.65.